The first kappa shape index (κ1) is 17.1. The van der Waals surface area contributed by atoms with Crippen molar-refractivity contribution in [2.45, 2.75) is 4.90 Å². The third kappa shape index (κ3) is 5.62. The summed E-state index contributed by atoms with van der Waals surface area (Å²) in [5.41, 5.74) is -0.695. The van der Waals surface area contributed by atoms with Crippen LogP contribution in [0.1, 0.15) is 0 Å². The van der Waals surface area contributed by atoms with Gasteiger partial charge in [-0.2, -0.15) is 0 Å². The first-order chi connectivity index (χ1) is 6.91. The van der Waals surface area contributed by atoms with E-state index in [9.17, 15) is 12.9 Å². The minimum atomic E-state index is -4.94. The average molecular weight is 291 g/mol. The van der Waals surface area contributed by atoms with Crippen molar-refractivity contribution in [3.63, 3.8) is 0 Å². The van der Waals surface area contributed by atoms with Crippen LogP contribution in [0, 0.1) is 0 Å². The zero-order valence-corrected chi connectivity index (χ0v) is 13.4. The second-order valence-corrected chi connectivity index (χ2v) is 4.38. The zero-order valence-electron chi connectivity index (χ0n) is 8.72. The molecule has 82 valence electrons. The summed E-state index contributed by atoms with van der Waals surface area (Å²) in [5.74, 6) is -0.173. The summed E-state index contributed by atoms with van der Waals surface area (Å²) in [6.07, 6.45) is 0. The molecule has 0 radical (unpaired) electrons. The first-order valence-corrected chi connectivity index (χ1v) is 5.52. The summed E-state index contributed by atoms with van der Waals surface area (Å²) in [4.78, 5) is 0.639. The molecule has 16 heavy (non-hydrogen) atoms. The molecule has 1 aromatic rings. The first-order valence-electron chi connectivity index (χ1n) is 4.16. The SMILES string of the molecule is C=C(CSc1ccccc1Cl)[B-](F)(F)F.[K+]. The predicted molar refractivity (Wildman–Crippen MR) is 60.4 cm³/mol. The second kappa shape index (κ2) is 7.51. The molecule has 1 aromatic carbocycles. The van der Waals surface area contributed by atoms with Crippen LogP contribution in [0.5, 0.6) is 0 Å². The van der Waals surface area contributed by atoms with E-state index >= 15 is 0 Å². The van der Waals surface area contributed by atoms with E-state index in [0.29, 0.717) is 9.92 Å². The van der Waals surface area contributed by atoms with Crippen LogP contribution in [0.3, 0.4) is 0 Å². The van der Waals surface area contributed by atoms with Gasteiger partial charge in [0, 0.05) is 4.90 Å². The molecular weight excluding hydrogens is 283 g/mol. The fraction of sp³-hybridized carbons (Fsp3) is 0.111. The zero-order chi connectivity index (χ0) is 11.5. The number of thioether (sulfide) groups is 1. The van der Waals surface area contributed by atoms with Crippen LogP contribution in [-0.4, -0.2) is 12.7 Å². The van der Waals surface area contributed by atoms with Gasteiger partial charge in [0.25, 0.3) is 0 Å². The molecule has 0 bridgehead atoms. The Labute approximate surface area is 144 Å². The van der Waals surface area contributed by atoms with Gasteiger partial charge in [0.05, 0.1) is 5.02 Å². The minimum absolute atomic E-state index is 0. The van der Waals surface area contributed by atoms with Crippen molar-refractivity contribution in [3.8, 4) is 0 Å². The Kier molecular flexibility index (Phi) is 8.02. The third-order valence-electron chi connectivity index (χ3n) is 1.71. The van der Waals surface area contributed by atoms with Crippen molar-refractivity contribution in [1.82, 2.24) is 0 Å². The smallest absolute Gasteiger partial charge is 0.445 e. The van der Waals surface area contributed by atoms with Crippen LogP contribution in [0.4, 0.5) is 12.9 Å². The molecule has 7 heteroatoms. The molecule has 0 saturated heterocycles. The molecule has 0 nitrogen and oxygen atoms in total. The van der Waals surface area contributed by atoms with Gasteiger partial charge in [-0.3, -0.25) is 0 Å². The number of halogens is 4. The fourth-order valence-corrected chi connectivity index (χ4v) is 2.04. The van der Waals surface area contributed by atoms with Crippen LogP contribution in [0.15, 0.2) is 41.2 Å². The predicted octanol–water partition coefficient (Wildman–Crippen LogP) is 1.38. The molecule has 0 N–H and O–H groups in total. The molecule has 0 aromatic heterocycles. The number of rotatable bonds is 4. The molecule has 0 unspecified atom stereocenters. The molecule has 0 spiro atoms. The van der Waals surface area contributed by atoms with Crippen molar-refractivity contribution in [2.24, 2.45) is 0 Å². The Morgan fingerprint density at radius 1 is 1.31 bits per heavy atom. The van der Waals surface area contributed by atoms with Crippen LogP contribution in [-0.2, 0) is 0 Å². The van der Waals surface area contributed by atoms with Gasteiger partial charge in [0.15, 0.2) is 0 Å². The average Bonchev–Trinajstić information content (AvgIpc) is 2.14. The topological polar surface area (TPSA) is 0 Å². The van der Waals surface area contributed by atoms with E-state index in [0.717, 1.165) is 11.8 Å². The summed E-state index contributed by atoms with van der Waals surface area (Å²) >= 11 is 6.84. The molecule has 0 saturated carbocycles. The molecule has 0 fully saturated rings. The Balaban J connectivity index is 0.00000225. The van der Waals surface area contributed by atoms with Gasteiger partial charge in [0.2, 0.25) is 0 Å². The maximum atomic E-state index is 12.2. The van der Waals surface area contributed by atoms with Crippen molar-refractivity contribution < 1.29 is 64.3 Å². The van der Waals surface area contributed by atoms with Crippen molar-refractivity contribution in [1.29, 1.82) is 0 Å². The minimum Gasteiger partial charge on any atom is -0.445 e. The molecule has 0 amide bonds. The molecule has 0 atom stereocenters. The largest absolute Gasteiger partial charge is 1.00 e. The van der Waals surface area contributed by atoms with E-state index in [2.05, 4.69) is 6.58 Å². The van der Waals surface area contributed by atoms with Gasteiger partial charge in [-0.25, -0.2) is 0 Å². The number of benzene rings is 1. The van der Waals surface area contributed by atoms with Gasteiger partial charge >= 0.3 is 58.4 Å². The Bertz CT molecular complexity index is 370. The van der Waals surface area contributed by atoms with Crippen molar-refractivity contribution in [2.75, 3.05) is 5.75 Å². The number of hydrogen-bond acceptors (Lipinski definition) is 1. The second-order valence-electron chi connectivity index (χ2n) is 2.95. The van der Waals surface area contributed by atoms with E-state index < -0.39 is 12.4 Å². The van der Waals surface area contributed by atoms with E-state index in [-0.39, 0.29) is 57.1 Å². The van der Waals surface area contributed by atoms with E-state index in [1.54, 1.807) is 24.3 Å². The van der Waals surface area contributed by atoms with Crippen LogP contribution < -0.4 is 51.4 Å². The molecule has 0 aliphatic carbocycles. The van der Waals surface area contributed by atoms with Crippen molar-refractivity contribution >= 4 is 30.3 Å². The van der Waals surface area contributed by atoms with E-state index in [1.807, 2.05) is 0 Å². The van der Waals surface area contributed by atoms with Crippen LogP contribution in [0.2, 0.25) is 5.02 Å². The summed E-state index contributed by atoms with van der Waals surface area (Å²) in [6.45, 7) is -1.93. The van der Waals surface area contributed by atoms with Gasteiger partial charge in [-0.15, -0.1) is 23.8 Å². The summed E-state index contributed by atoms with van der Waals surface area (Å²) in [7, 11) is 0. The van der Waals surface area contributed by atoms with Gasteiger partial charge < -0.3 is 12.9 Å². The summed E-state index contributed by atoms with van der Waals surface area (Å²) in [6, 6.07) is 6.79. The Morgan fingerprint density at radius 3 is 2.38 bits per heavy atom. The molecule has 1 rings (SSSR count). The Morgan fingerprint density at radius 2 is 1.88 bits per heavy atom. The van der Waals surface area contributed by atoms with Crippen LogP contribution >= 0.6 is 23.4 Å². The quantitative estimate of drug-likeness (QED) is 0.596. The Hall–Kier alpha value is 1.09. The van der Waals surface area contributed by atoms with E-state index in [1.165, 1.54) is 0 Å². The maximum Gasteiger partial charge on any atom is 1.00 e. The molecule has 0 aliphatic rings. The standard InChI is InChI=1S/C9H8BClF3S.K/c1-7(10(12,13)14)6-15-9-5-3-2-4-8(9)11;/h2-5H,1,6H2;/q-1;+1. The van der Waals surface area contributed by atoms with Gasteiger partial charge in [-0.05, 0) is 17.9 Å². The monoisotopic (exact) mass is 290 g/mol. The third-order valence-corrected chi connectivity index (χ3v) is 3.34. The maximum absolute atomic E-state index is 12.2. The van der Waals surface area contributed by atoms with Crippen molar-refractivity contribution in [3.05, 3.63) is 41.3 Å². The molecule has 0 heterocycles. The summed E-state index contributed by atoms with van der Waals surface area (Å²) < 4.78 is 36.5. The summed E-state index contributed by atoms with van der Waals surface area (Å²) in [5, 5.41) is 0.463. The fourth-order valence-electron chi connectivity index (χ4n) is 0.827. The molecule has 0 aliphatic heterocycles. The van der Waals surface area contributed by atoms with Gasteiger partial charge in [0.1, 0.15) is 0 Å². The van der Waals surface area contributed by atoms with Gasteiger partial charge in [-0.1, -0.05) is 23.7 Å². The molecular formula is C9H8BClF3KS. The van der Waals surface area contributed by atoms with Crippen LogP contribution in [0.25, 0.3) is 0 Å². The van der Waals surface area contributed by atoms with E-state index in [4.69, 9.17) is 11.6 Å². The number of hydrogen-bond donors (Lipinski definition) is 0. The normalized spacial score (nSPS) is 10.8.